The van der Waals surface area contributed by atoms with Crippen LogP contribution in [0.2, 0.25) is 10.0 Å². The molecule has 1 aliphatic carbocycles. The average molecular weight is 439 g/mol. The van der Waals surface area contributed by atoms with Gasteiger partial charge in [0.25, 0.3) is 0 Å². The highest BCUT2D eigenvalue weighted by molar-refractivity contribution is 7.99. The lowest BCUT2D eigenvalue weighted by molar-refractivity contribution is -0.113. The molecule has 2 aromatic heterocycles. The van der Waals surface area contributed by atoms with Gasteiger partial charge in [0.2, 0.25) is 5.91 Å². The van der Waals surface area contributed by atoms with Crippen LogP contribution in [0.5, 0.6) is 0 Å². The number of fused-ring (bicyclic) bond motifs is 3. The second kappa shape index (κ2) is 7.83. The Labute approximate surface area is 174 Å². The van der Waals surface area contributed by atoms with Gasteiger partial charge in [-0.15, -0.1) is 11.3 Å². The Balaban J connectivity index is 1.49. The number of nitrogens with two attached hydrogens (primary N) is 1. The van der Waals surface area contributed by atoms with E-state index in [4.69, 9.17) is 28.9 Å². The lowest BCUT2D eigenvalue weighted by atomic mass is 9.97. The molecular formula is C18H16Cl2N4OS2. The predicted molar refractivity (Wildman–Crippen MR) is 114 cm³/mol. The van der Waals surface area contributed by atoms with E-state index < -0.39 is 0 Å². The first kappa shape index (κ1) is 18.8. The van der Waals surface area contributed by atoms with Gasteiger partial charge in [0.05, 0.1) is 21.8 Å². The van der Waals surface area contributed by atoms with Crippen LogP contribution >= 0.6 is 46.3 Å². The normalized spacial score (nSPS) is 13.6. The molecule has 27 heavy (non-hydrogen) atoms. The Hall–Kier alpha value is -1.54. The first-order valence-electron chi connectivity index (χ1n) is 8.46. The molecule has 0 saturated carbocycles. The summed E-state index contributed by atoms with van der Waals surface area (Å²) in [4.78, 5) is 23.5. The maximum Gasteiger partial charge on any atom is 0.234 e. The number of halogens is 2. The van der Waals surface area contributed by atoms with Crippen LogP contribution in [0.15, 0.2) is 23.4 Å². The molecule has 3 N–H and O–H groups in total. The second-order valence-electron chi connectivity index (χ2n) is 6.24. The largest absolute Gasteiger partial charge is 0.383 e. The summed E-state index contributed by atoms with van der Waals surface area (Å²) in [7, 11) is 0. The first-order chi connectivity index (χ1) is 13.0. The predicted octanol–water partition coefficient (Wildman–Crippen LogP) is 5.19. The molecule has 4 rings (SSSR count). The molecule has 1 aromatic carbocycles. The van der Waals surface area contributed by atoms with E-state index in [1.165, 1.54) is 35.0 Å². The number of nitrogens with one attached hydrogen (secondary N) is 1. The Bertz CT molecular complexity index is 1040. The van der Waals surface area contributed by atoms with Crippen LogP contribution in [-0.2, 0) is 17.6 Å². The fourth-order valence-corrected chi connectivity index (χ4v) is 5.45. The number of nitrogens with zero attached hydrogens (tertiary/aromatic N) is 2. The number of benzene rings is 1. The summed E-state index contributed by atoms with van der Waals surface area (Å²) >= 11 is 15.0. The summed E-state index contributed by atoms with van der Waals surface area (Å²) in [6, 6.07) is 4.92. The molecule has 2 heterocycles. The van der Waals surface area contributed by atoms with Crippen LogP contribution in [-0.4, -0.2) is 21.6 Å². The zero-order valence-electron chi connectivity index (χ0n) is 14.2. The fourth-order valence-electron chi connectivity index (χ4n) is 3.14. The topological polar surface area (TPSA) is 80.9 Å². The quantitative estimate of drug-likeness (QED) is 0.432. The van der Waals surface area contributed by atoms with E-state index in [0.717, 1.165) is 23.1 Å². The number of thioether (sulfide) groups is 1. The Kier molecular flexibility index (Phi) is 5.45. The molecule has 5 nitrogen and oxygen atoms in total. The van der Waals surface area contributed by atoms with Crippen molar-refractivity contribution in [3.05, 3.63) is 38.7 Å². The van der Waals surface area contributed by atoms with Gasteiger partial charge in [0.15, 0.2) is 5.16 Å². The Morgan fingerprint density at radius 1 is 1.26 bits per heavy atom. The van der Waals surface area contributed by atoms with E-state index in [2.05, 4.69) is 15.3 Å². The standard InChI is InChI=1S/C18H16Cl2N4OS2/c19-9-5-6-11(20)12(7-9)22-14(25)8-26-18-23-16(21)15-10-3-1-2-4-13(10)27-17(15)24-18/h5-7H,1-4,8H2,(H,22,25)(H2,21,23,24). The number of aromatic nitrogens is 2. The summed E-state index contributed by atoms with van der Waals surface area (Å²) in [5.74, 6) is 0.441. The minimum absolute atomic E-state index is 0.152. The number of rotatable bonds is 4. The number of carbonyl (C=O) groups is 1. The lowest BCUT2D eigenvalue weighted by Gasteiger charge is -2.10. The van der Waals surface area contributed by atoms with Gasteiger partial charge in [0.1, 0.15) is 10.6 Å². The molecule has 1 aliphatic rings. The number of nitrogen functional groups attached to an aromatic ring is 1. The molecule has 140 valence electrons. The van der Waals surface area contributed by atoms with Crippen LogP contribution in [0.3, 0.4) is 0 Å². The highest BCUT2D eigenvalue weighted by atomic mass is 35.5. The van der Waals surface area contributed by atoms with Gasteiger partial charge in [-0.25, -0.2) is 9.97 Å². The number of hydrogen-bond donors (Lipinski definition) is 2. The zero-order valence-corrected chi connectivity index (χ0v) is 17.4. The van der Waals surface area contributed by atoms with Crippen molar-refractivity contribution in [2.45, 2.75) is 30.8 Å². The van der Waals surface area contributed by atoms with E-state index in [-0.39, 0.29) is 11.7 Å². The third kappa shape index (κ3) is 4.01. The summed E-state index contributed by atoms with van der Waals surface area (Å²) in [5, 5.41) is 5.19. The van der Waals surface area contributed by atoms with Crippen molar-refractivity contribution < 1.29 is 4.79 Å². The van der Waals surface area contributed by atoms with Crippen LogP contribution < -0.4 is 11.1 Å². The van der Waals surface area contributed by atoms with E-state index in [1.54, 1.807) is 29.5 Å². The van der Waals surface area contributed by atoms with Crippen LogP contribution in [0.4, 0.5) is 11.5 Å². The minimum Gasteiger partial charge on any atom is -0.383 e. The van der Waals surface area contributed by atoms with Crippen LogP contribution in [0.25, 0.3) is 10.2 Å². The number of thiophene rings is 1. The summed E-state index contributed by atoms with van der Waals surface area (Å²) in [6.45, 7) is 0. The number of carbonyl (C=O) groups excluding carboxylic acids is 1. The van der Waals surface area contributed by atoms with Gasteiger partial charge >= 0.3 is 0 Å². The second-order valence-corrected chi connectivity index (χ2v) is 9.11. The summed E-state index contributed by atoms with van der Waals surface area (Å²) < 4.78 is 0. The highest BCUT2D eigenvalue weighted by Gasteiger charge is 2.20. The van der Waals surface area contributed by atoms with E-state index in [9.17, 15) is 4.79 Å². The van der Waals surface area contributed by atoms with Crippen molar-refractivity contribution >= 4 is 73.9 Å². The average Bonchev–Trinajstić information content (AvgIpc) is 3.02. The van der Waals surface area contributed by atoms with Crippen molar-refractivity contribution in [2.75, 3.05) is 16.8 Å². The highest BCUT2D eigenvalue weighted by Crippen LogP contribution is 2.38. The third-order valence-corrected chi connectivity index (χ3v) is 6.95. The van der Waals surface area contributed by atoms with Crippen molar-refractivity contribution in [1.29, 1.82) is 0 Å². The minimum atomic E-state index is -0.211. The number of aryl methyl sites for hydroxylation is 2. The Morgan fingerprint density at radius 2 is 2.07 bits per heavy atom. The Morgan fingerprint density at radius 3 is 2.93 bits per heavy atom. The smallest absolute Gasteiger partial charge is 0.234 e. The van der Waals surface area contributed by atoms with Gasteiger partial charge < -0.3 is 11.1 Å². The van der Waals surface area contributed by atoms with E-state index in [1.807, 2.05) is 0 Å². The molecule has 0 saturated heterocycles. The van der Waals surface area contributed by atoms with Gasteiger partial charge in [0, 0.05) is 9.90 Å². The number of amides is 1. The molecule has 0 radical (unpaired) electrons. The summed E-state index contributed by atoms with van der Waals surface area (Å²) in [5.41, 5.74) is 7.99. The maximum absolute atomic E-state index is 12.2. The molecule has 0 bridgehead atoms. The van der Waals surface area contributed by atoms with E-state index >= 15 is 0 Å². The van der Waals surface area contributed by atoms with Crippen molar-refractivity contribution in [3.63, 3.8) is 0 Å². The van der Waals surface area contributed by atoms with Gasteiger partial charge in [-0.1, -0.05) is 35.0 Å². The zero-order chi connectivity index (χ0) is 19.0. The van der Waals surface area contributed by atoms with Crippen molar-refractivity contribution in [2.24, 2.45) is 0 Å². The molecular weight excluding hydrogens is 423 g/mol. The fraction of sp³-hybridized carbons (Fsp3) is 0.278. The van der Waals surface area contributed by atoms with E-state index in [0.29, 0.717) is 26.7 Å². The molecule has 3 aromatic rings. The molecule has 0 aliphatic heterocycles. The third-order valence-electron chi connectivity index (χ3n) is 4.36. The van der Waals surface area contributed by atoms with Gasteiger partial charge in [-0.2, -0.15) is 0 Å². The monoisotopic (exact) mass is 438 g/mol. The summed E-state index contributed by atoms with van der Waals surface area (Å²) in [6.07, 6.45) is 4.52. The molecule has 9 heteroatoms. The van der Waals surface area contributed by atoms with Crippen LogP contribution in [0, 0.1) is 0 Å². The molecule has 0 atom stereocenters. The van der Waals surface area contributed by atoms with Crippen molar-refractivity contribution in [3.8, 4) is 0 Å². The first-order valence-corrected chi connectivity index (χ1v) is 11.0. The van der Waals surface area contributed by atoms with Gasteiger partial charge in [-0.05, 0) is 49.4 Å². The molecule has 0 unspecified atom stereocenters. The lowest BCUT2D eigenvalue weighted by Crippen LogP contribution is -2.14. The van der Waals surface area contributed by atoms with Gasteiger partial charge in [-0.3, -0.25) is 4.79 Å². The maximum atomic E-state index is 12.2. The SMILES string of the molecule is Nc1nc(SCC(=O)Nc2cc(Cl)ccc2Cl)nc2sc3c(c12)CCCC3. The molecule has 0 spiro atoms. The molecule has 1 amide bonds. The molecule has 0 fully saturated rings. The van der Waals surface area contributed by atoms with Crippen molar-refractivity contribution in [1.82, 2.24) is 9.97 Å². The number of anilines is 2. The van der Waals surface area contributed by atoms with Crippen LogP contribution in [0.1, 0.15) is 23.3 Å². The number of hydrogen-bond acceptors (Lipinski definition) is 6.